The molecule has 4 nitrogen and oxygen atoms in total. The molecule has 0 saturated heterocycles. The van der Waals surface area contributed by atoms with Gasteiger partial charge in [0.2, 0.25) is 0 Å². The van der Waals surface area contributed by atoms with Crippen molar-refractivity contribution in [2.24, 2.45) is 0 Å². The average molecular weight is 531 g/mol. The van der Waals surface area contributed by atoms with Crippen molar-refractivity contribution in [3.63, 3.8) is 0 Å². The van der Waals surface area contributed by atoms with Crippen LogP contribution in [0.2, 0.25) is 0 Å². The normalized spacial score (nSPS) is 14.9. The third kappa shape index (κ3) is 21.9. The standard InChI is InChI=1S/C31H64NO3P/c1-6-8-9-10-11-12-13-14-15-16-17-18-19-20-21-22-23-24-25-26-27-28-30-35-36(33,34)31(29-7-2)32(3,4)5/h12-13,31H,6-11,14-30H2,1-5H3/p+1. The van der Waals surface area contributed by atoms with Crippen molar-refractivity contribution in [1.82, 2.24) is 0 Å². The van der Waals surface area contributed by atoms with Crippen LogP contribution in [0.5, 0.6) is 0 Å². The zero-order valence-corrected chi connectivity index (χ0v) is 26.0. The molecular weight excluding hydrogens is 465 g/mol. The van der Waals surface area contributed by atoms with E-state index in [2.05, 4.69) is 26.0 Å². The van der Waals surface area contributed by atoms with E-state index in [-0.39, 0.29) is 5.78 Å². The summed E-state index contributed by atoms with van der Waals surface area (Å²) in [6, 6.07) is 0. The molecule has 0 amide bonds. The molecule has 2 atom stereocenters. The summed E-state index contributed by atoms with van der Waals surface area (Å²) in [4.78, 5) is 10.4. The zero-order valence-electron chi connectivity index (χ0n) is 25.2. The lowest BCUT2D eigenvalue weighted by Crippen LogP contribution is -2.45. The summed E-state index contributed by atoms with van der Waals surface area (Å²) >= 11 is 0. The average Bonchev–Trinajstić information content (AvgIpc) is 2.82. The van der Waals surface area contributed by atoms with E-state index in [4.69, 9.17) is 4.52 Å². The van der Waals surface area contributed by atoms with Crippen LogP contribution in [-0.2, 0) is 9.09 Å². The van der Waals surface area contributed by atoms with Crippen molar-refractivity contribution < 1.29 is 18.5 Å². The van der Waals surface area contributed by atoms with Gasteiger partial charge in [-0.3, -0.25) is 4.57 Å². The summed E-state index contributed by atoms with van der Waals surface area (Å²) in [5, 5.41) is 0. The van der Waals surface area contributed by atoms with Crippen LogP contribution < -0.4 is 0 Å². The molecule has 0 aromatic carbocycles. The van der Waals surface area contributed by atoms with Crippen LogP contribution in [0, 0.1) is 0 Å². The molecule has 0 aliphatic carbocycles. The fourth-order valence-electron chi connectivity index (χ4n) is 4.94. The van der Waals surface area contributed by atoms with Gasteiger partial charge in [0.25, 0.3) is 0 Å². The highest BCUT2D eigenvalue weighted by atomic mass is 31.2. The van der Waals surface area contributed by atoms with E-state index >= 15 is 0 Å². The number of nitrogens with zero attached hydrogens (tertiary/aromatic N) is 1. The number of quaternary nitrogens is 1. The van der Waals surface area contributed by atoms with Gasteiger partial charge in [0.1, 0.15) is 0 Å². The Morgan fingerprint density at radius 3 is 1.42 bits per heavy atom. The van der Waals surface area contributed by atoms with Crippen LogP contribution in [0.4, 0.5) is 0 Å². The van der Waals surface area contributed by atoms with Gasteiger partial charge in [-0.05, 0) is 38.5 Å². The van der Waals surface area contributed by atoms with Crippen LogP contribution in [0.15, 0.2) is 12.2 Å². The van der Waals surface area contributed by atoms with Gasteiger partial charge < -0.3 is 13.9 Å². The number of rotatable bonds is 27. The van der Waals surface area contributed by atoms with Gasteiger partial charge in [0.15, 0.2) is 5.78 Å². The second-order valence-electron chi connectivity index (χ2n) is 11.8. The Hall–Kier alpha value is -0.150. The monoisotopic (exact) mass is 530 g/mol. The molecular formula is C31H65NO3P+. The maximum absolute atomic E-state index is 12.7. The molecule has 0 radical (unpaired) electrons. The van der Waals surface area contributed by atoms with Crippen LogP contribution >= 0.6 is 7.60 Å². The van der Waals surface area contributed by atoms with E-state index < -0.39 is 7.60 Å². The van der Waals surface area contributed by atoms with Crippen molar-refractivity contribution >= 4 is 7.60 Å². The highest BCUT2D eigenvalue weighted by molar-refractivity contribution is 7.53. The van der Waals surface area contributed by atoms with Gasteiger partial charge in [-0.2, -0.15) is 0 Å². The molecule has 0 fully saturated rings. The summed E-state index contributed by atoms with van der Waals surface area (Å²) in [6.45, 7) is 4.74. The fourth-order valence-corrected chi connectivity index (χ4v) is 6.96. The summed E-state index contributed by atoms with van der Waals surface area (Å²) < 4.78 is 18.7. The Morgan fingerprint density at radius 2 is 1.03 bits per heavy atom. The Labute approximate surface area is 226 Å². The molecule has 0 aromatic rings. The highest BCUT2D eigenvalue weighted by Crippen LogP contribution is 2.51. The SMILES string of the molecule is CCCCCCC=CCCCCCCCCCCCCCCCCOP(=O)(O)C(CCC)[N+](C)(C)C. The largest absolute Gasteiger partial charge is 0.385 e. The van der Waals surface area contributed by atoms with E-state index in [1.165, 1.54) is 116 Å². The van der Waals surface area contributed by atoms with E-state index in [1.807, 2.05) is 21.1 Å². The number of hydrogen-bond acceptors (Lipinski definition) is 2. The van der Waals surface area contributed by atoms with Crippen LogP contribution in [0.25, 0.3) is 0 Å². The Morgan fingerprint density at radius 1 is 0.639 bits per heavy atom. The Balaban J connectivity index is 3.42. The van der Waals surface area contributed by atoms with Crippen LogP contribution in [0.3, 0.4) is 0 Å². The summed E-state index contributed by atoms with van der Waals surface area (Å²) in [5.74, 6) is -0.334. The minimum absolute atomic E-state index is 0.334. The number of allylic oxidation sites excluding steroid dienone is 2. The van der Waals surface area contributed by atoms with Crippen LogP contribution in [-0.4, -0.2) is 42.9 Å². The second kappa shape index (κ2) is 23.9. The van der Waals surface area contributed by atoms with Gasteiger partial charge in [-0.1, -0.05) is 122 Å². The topological polar surface area (TPSA) is 46.5 Å². The number of unbranched alkanes of at least 4 members (excludes halogenated alkanes) is 18. The van der Waals surface area contributed by atoms with Gasteiger partial charge in [-0.25, -0.2) is 0 Å². The van der Waals surface area contributed by atoms with Gasteiger partial charge in [0, 0.05) is 6.42 Å². The molecule has 0 aromatic heterocycles. The molecule has 0 rings (SSSR count). The molecule has 2 unspecified atom stereocenters. The van der Waals surface area contributed by atoms with Gasteiger partial charge >= 0.3 is 7.60 Å². The van der Waals surface area contributed by atoms with Crippen molar-refractivity contribution in [2.75, 3.05) is 27.7 Å². The minimum Gasteiger partial charge on any atom is -0.320 e. The molecule has 0 aliphatic heterocycles. The molecule has 36 heavy (non-hydrogen) atoms. The van der Waals surface area contributed by atoms with E-state index in [1.54, 1.807) is 0 Å². The molecule has 5 heteroatoms. The third-order valence-corrected chi connectivity index (χ3v) is 9.51. The second-order valence-corrected chi connectivity index (χ2v) is 13.8. The molecule has 0 spiro atoms. The number of hydrogen-bond donors (Lipinski definition) is 1. The summed E-state index contributed by atoms with van der Waals surface area (Å²) in [5.41, 5.74) is 0. The van der Waals surface area contributed by atoms with E-state index in [0.29, 0.717) is 17.5 Å². The molecule has 0 saturated carbocycles. The lowest BCUT2D eigenvalue weighted by Gasteiger charge is -2.35. The lowest BCUT2D eigenvalue weighted by atomic mass is 10.0. The van der Waals surface area contributed by atoms with E-state index in [0.717, 1.165) is 19.3 Å². The fraction of sp³-hybridized carbons (Fsp3) is 0.935. The van der Waals surface area contributed by atoms with Crippen molar-refractivity contribution in [3.8, 4) is 0 Å². The van der Waals surface area contributed by atoms with Gasteiger partial charge in [-0.15, -0.1) is 0 Å². The van der Waals surface area contributed by atoms with Gasteiger partial charge in [0.05, 0.1) is 27.7 Å². The maximum atomic E-state index is 12.7. The van der Waals surface area contributed by atoms with Crippen molar-refractivity contribution in [2.45, 2.75) is 161 Å². The first-order valence-electron chi connectivity index (χ1n) is 15.7. The zero-order chi connectivity index (χ0) is 27.0. The minimum atomic E-state index is -3.57. The Kier molecular flexibility index (Phi) is 23.8. The molecule has 0 aliphatic rings. The van der Waals surface area contributed by atoms with Crippen LogP contribution in [0.1, 0.15) is 155 Å². The predicted molar refractivity (Wildman–Crippen MR) is 160 cm³/mol. The summed E-state index contributed by atoms with van der Waals surface area (Å²) in [7, 11) is 2.36. The third-order valence-electron chi connectivity index (χ3n) is 7.25. The maximum Gasteiger partial charge on any atom is 0.385 e. The highest BCUT2D eigenvalue weighted by Gasteiger charge is 2.41. The molecule has 0 bridgehead atoms. The molecule has 0 heterocycles. The first-order valence-corrected chi connectivity index (χ1v) is 17.3. The molecule has 1 N–H and O–H groups in total. The quantitative estimate of drug-likeness (QED) is 0.0497. The Bertz CT molecular complexity index is 544. The first-order chi connectivity index (χ1) is 17.3. The van der Waals surface area contributed by atoms with Crippen molar-refractivity contribution in [3.05, 3.63) is 12.2 Å². The summed E-state index contributed by atoms with van der Waals surface area (Å²) in [6.07, 6.45) is 32.8. The smallest absolute Gasteiger partial charge is 0.320 e. The lowest BCUT2D eigenvalue weighted by molar-refractivity contribution is -0.883. The first kappa shape index (κ1) is 35.9. The van der Waals surface area contributed by atoms with E-state index in [9.17, 15) is 9.46 Å². The predicted octanol–water partition coefficient (Wildman–Crippen LogP) is 10.4. The van der Waals surface area contributed by atoms with Crippen molar-refractivity contribution in [1.29, 1.82) is 0 Å². The molecule has 216 valence electrons.